The molecule has 1 aliphatic rings. The maximum absolute atomic E-state index is 11.8. The van der Waals surface area contributed by atoms with Gasteiger partial charge in [-0.3, -0.25) is 5.32 Å². The second kappa shape index (κ2) is 6.75. The molecule has 2 N–H and O–H groups in total. The molecule has 0 atom stereocenters. The van der Waals surface area contributed by atoms with E-state index in [0.717, 1.165) is 31.1 Å². The maximum Gasteiger partial charge on any atom is 0.413 e. The molecular weight excluding hydrogens is 286 g/mol. The van der Waals surface area contributed by atoms with E-state index in [1.54, 1.807) is 11.3 Å². The van der Waals surface area contributed by atoms with Crippen molar-refractivity contribution in [2.45, 2.75) is 52.6 Å². The summed E-state index contributed by atoms with van der Waals surface area (Å²) in [5.74, 6) is 0.722. The Hall–Kier alpha value is -1.14. The van der Waals surface area contributed by atoms with Gasteiger partial charge >= 0.3 is 6.09 Å². The molecule has 5 nitrogen and oxygen atoms in total. The Labute approximate surface area is 130 Å². The Morgan fingerprint density at radius 2 is 2.10 bits per heavy atom. The van der Waals surface area contributed by atoms with Crippen LogP contribution >= 0.6 is 11.3 Å². The number of anilines is 1. The molecule has 0 spiro atoms. The fourth-order valence-electron chi connectivity index (χ4n) is 2.41. The van der Waals surface area contributed by atoms with Crippen molar-refractivity contribution in [3.8, 4) is 0 Å². The van der Waals surface area contributed by atoms with Crippen LogP contribution in [0.25, 0.3) is 0 Å². The predicted octanol–water partition coefficient (Wildman–Crippen LogP) is 3.34. The van der Waals surface area contributed by atoms with Crippen LogP contribution in [0.15, 0.2) is 0 Å². The van der Waals surface area contributed by atoms with Gasteiger partial charge in [0.15, 0.2) is 5.13 Å². The third kappa shape index (κ3) is 5.28. The molecule has 0 aliphatic carbocycles. The van der Waals surface area contributed by atoms with Crippen LogP contribution in [-0.4, -0.2) is 29.8 Å². The van der Waals surface area contributed by atoms with Gasteiger partial charge in [-0.05, 0) is 66.0 Å². The highest BCUT2D eigenvalue weighted by Crippen LogP contribution is 2.28. The zero-order valence-electron chi connectivity index (χ0n) is 13.3. The SMILES string of the molecule is Cc1nc(NC(=O)OC(C)(C)C)sc1CC1CCNCC1. The predicted molar refractivity (Wildman–Crippen MR) is 86.0 cm³/mol. The molecule has 1 aliphatic heterocycles. The summed E-state index contributed by atoms with van der Waals surface area (Å²) in [5, 5.41) is 6.74. The molecule has 0 saturated carbocycles. The molecular formula is C15H25N3O2S. The summed E-state index contributed by atoms with van der Waals surface area (Å²) in [6.45, 7) is 9.76. The lowest BCUT2D eigenvalue weighted by atomic mass is 9.94. The zero-order chi connectivity index (χ0) is 15.5. The van der Waals surface area contributed by atoms with Gasteiger partial charge in [-0.2, -0.15) is 0 Å². The number of hydrogen-bond acceptors (Lipinski definition) is 5. The summed E-state index contributed by atoms with van der Waals surface area (Å²) in [4.78, 5) is 17.5. The number of nitrogens with zero attached hydrogens (tertiary/aromatic N) is 1. The fraction of sp³-hybridized carbons (Fsp3) is 0.733. The second-order valence-electron chi connectivity index (χ2n) is 6.55. The van der Waals surface area contributed by atoms with Crippen molar-refractivity contribution in [3.05, 3.63) is 10.6 Å². The van der Waals surface area contributed by atoms with Crippen molar-refractivity contribution in [1.82, 2.24) is 10.3 Å². The van der Waals surface area contributed by atoms with Crippen molar-refractivity contribution >= 4 is 22.6 Å². The van der Waals surface area contributed by atoms with Gasteiger partial charge in [0, 0.05) is 4.88 Å². The number of carbonyl (C=O) groups excluding carboxylic acids is 1. The Morgan fingerprint density at radius 3 is 2.71 bits per heavy atom. The standard InChI is InChI=1S/C15H25N3O2S/c1-10-12(9-11-5-7-16-8-6-11)21-13(17-10)18-14(19)20-15(2,3)4/h11,16H,5-9H2,1-4H3,(H,17,18,19). The molecule has 1 aromatic rings. The average molecular weight is 311 g/mol. The van der Waals surface area contributed by atoms with Gasteiger partial charge in [-0.25, -0.2) is 9.78 Å². The molecule has 1 aromatic heterocycles. The van der Waals surface area contributed by atoms with Crippen LogP contribution < -0.4 is 10.6 Å². The van der Waals surface area contributed by atoms with E-state index in [1.165, 1.54) is 17.7 Å². The topological polar surface area (TPSA) is 63.2 Å². The first-order valence-corrected chi connectivity index (χ1v) is 8.32. The van der Waals surface area contributed by atoms with Gasteiger partial charge < -0.3 is 10.1 Å². The lowest BCUT2D eigenvalue weighted by molar-refractivity contribution is 0.0636. The Morgan fingerprint density at radius 1 is 1.43 bits per heavy atom. The van der Waals surface area contributed by atoms with E-state index in [4.69, 9.17) is 4.74 Å². The number of aryl methyl sites for hydroxylation is 1. The van der Waals surface area contributed by atoms with Crippen LogP contribution in [0.5, 0.6) is 0 Å². The molecule has 6 heteroatoms. The first-order valence-electron chi connectivity index (χ1n) is 7.50. The molecule has 0 bridgehead atoms. The van der Waals surface area contributed by atoms with E-state index >= 15 is 0 Å². The van der Waals surface area contributed by atoms with E-state index in [9.17, 15) is 4.79 Å². The highest BCUT2D eigenvalue weighted by Gasteiger charge is 2.20. The number of piperidine rings is 1. The number of nitrogens with one attached hydrogen (secondary N) is 2. The van der Waals surface area contributed by atoms with Crippen LogP contribution in [0.1, 0.15) is 44.2 Å². The van der Waals surface area contributed by atoms with Crippen LogP contribution in [0.4, 0.5) is 9.93 Å². The number of rotatable bonds is 3. The van der Waals surface area contributed by atoms with Crippen molar-refractivity contribution in [1.29, 1.82) is 0 Å². The van der Waals surface area contributed by atoms with Crippen LogP contribution in [0, 0.1) is 12.8 Å². The van der Waals surface area contributed by atoms with E-state index in [1.807, 2.05) is 27.7 Å². The normalized spacial score (nSPS) is 16.8. The lowest BCUT2D eigenvalue weighted by Gasteiger charge is -2.21. The molecule has 2 rings (SSSR count). The van der Waals surface area contributed by atoms with Crippen molar-refractivity contribution in [2.75, 3.05) is 18.4 Å². The molecule has 2 heterocycles. The maximum atomic E-state index is 11.8. The molecule has 21 heavy (non-hydrogen) atoms. The zero-order valence-corrected chi connectivity index (χ0v) is 14.1. The summed E-state index contributed by atoms with van der Waals surface area (Å²) in [5.41, 5.74) is 0.526. The molecule has 0 aromatic carbocycles. The van der Waals surface area contributed by atoms with E-state index < -0.39 is 11.7 Å². The Kier molecular flexibility index (Phi) is 5.22. The van der Waals surface area contributed by atoms with Crippen molar-refractivity contribution < 1.29 is 9.53 Å². The highest BCUT2D eigenvalue weighted by atomic mass is 32.1. The third-order valence-corrected chi connectivity index (χ3v) is 4.53. The molecule has 0 radical (unpaired) electrons. The summed E-state index contributed by atoms with van der Waals surface area (Å²) in [6, 6.07) is 0. The highest BCUT2D eigenvalue weighted by molar-refractivity contribution is 7.15. The number of carbonyl (C=O) groups is 1. The average Bonchev–Trinajstić information content (AvgIpc) is 2.68. The molecule has 1 fully saturated rings. The first-order chi connectivity index (χ1) is 9.83. The largest absolute Gasteiger partial charge is 0.444 e. The summed E-state index contributed by atoms with van der Waals surface area (Å²) in [7, 11) is 0. The number of ether oxygens (including phenoxy) is 1. The van der Waals surface area contributed by atoms with Crippen LogP contribution in [0.3, 0.4) is 0 Å². The van der Waals surface area contributed by atoms with E-state index in [0.29, 0.717) is 5.13 Å². The number of amides is 1. The number of thiazole rings is 1. The lowest BCUT2D eigenvalue weighted by Crippen LogP contribution is -2.28. The molecule has 1 saturated heterocycles. The third-order valence-electron chi connectivity index (χ3n) is 3.43. The number of hydrogen-bond donors (Lipinski definition) is 2. The second-order valence-corrected chi connectivity index (χ2v) is 7.64. The van der Waals surface area contributed by atoms with Gasteiger partial charge in [0.1, 0.15) is 5.60 Å². The summed E-state index contributed by atoms with van der Waals surface area (Å²) < 4.78 is 5.25. The fourth-order valence-corrected chi connectivity index (χ4v) is 3.47. The molecule has 1 amide bonds. The minimum Gasteiger partial charge on any atom is -0.444 e. The van der Waals surface area contributed by atoms with Crippen molar-refractivity contribution in [2.24, 2.45) is 5.92 Å². The quantitative estimate of drug-likeness (QED) is 0.898. The summed E-state index contributed by atoms with van der Waals surface area (Å²) >= 11 is 1.56. The van der Waals surface area contributed by atoms with E-state index in [2.05, 4.69) is 15.6 Å². The smallest absolute Gasteiger partial charge is 0.413 e. The monoisotopic (exact) mass is 311 g/mol. The molecule has 0 unspecified atom stereocenters. The Bertz CT molecular complexity index is 488. The van der Waals surface area contributed by atoms with Crippen LogP contribution in [-0.2, 0) is 11.2 Å². The van der Waals surface area contributed by atoms with E-state index in [-0.39, 0.29) is 0 Å². The van der Waals surface area contributed by atoms with Gasteiger partial charge in [0.25, 0.3) is 0 Å². The Balaban J connectivity index is 1.93. The number of aromatic nitrogens is 1. The molecule has 118 valence electrons. The van der Waals surface area contributed by atoms with Gasteiger partial charge in [0.2, 0.25) is 0 Å². The minimum atomic E-state index is -0.492. The summed E-state index contributed by atoms with van der Waals surface area (Å²) in [6.07, 6.45) is 3.05. The van der Waals surface area contributed by atoms with Crippen LogP contribution in [0.2, 0.25) is 0 Å². The first kappa shape index (κ1) is 16.2. The van der Waals surface area contributed by atoms with Gasteiger partial charge in [-0.15, -0.1) is 11.3 Å². The minimum absolute atomic E-state index is 0.440. The van der Waals surface area contributed by atoms with Gasteiger partial charge in [-0.1, -0.05) is 0 Å². The van der Waals surface area contributed by atoms with Gasteiger partial charge in [0.05, 0.1) is 5.69 Å². The van der Waals surface area contributed by atoms with Crippen molar-refractivity contribution in [3.63, 3.8) is 0 Å².